The fraction of sp³-hybridized carbons (Fsp3) is 0.500. The maximum Gasteiger partial charge on any atom is 0.140 e. The van der Waals surface area contributed by atoms with E-state index in [2.05, 4.69) is 16.4 Å². The summed E-state index contributed by atoms with van der Waals surface area (Å²) in [5.74, 6) is 0.929. The van der Waals surface area contributed by atoms with Gasteiger partial charge in [-0.05, 0) is 30.0 Å². The van der Waals surface area contributed by atoms with E-state index in [1.54, 1.807) is 0 Å². The molecule has 0 radical (unpaired) electrons. The summed E-state index contributed by atoms with van der Waals surface area (Å²) in [5.41, 5.74) is 3.38. The van der Waals surface area contributed by atoms with E-state index in [4.69, 9.17) is 4.74 Å². The van der Waals surface area contributed by atoms with Crippen LogP contribution in [0.15, 0.2) is 23.2 Å². The normalized spacial score (nSPS) is 24.1. The second-order valence-corrected chi connectivity index (χ2v) is 4.79. The van der Waals surface area contributed by atoms with Crippen molar-refractivity contribution < 1.29 is 9.84 Å². The molecule has 0 saturated carbocycles. The molecule has 2 aliphatic heterocycles. The first-order valence-electron chi connectivity index (χ1n) is 6.47. The van der Waals surface area contributed by atoms with Crippen molar-refractivity contribution >= 4 is 5.84 Å². The molecule has 18 heavy (non-hydrogen) atoms. The number of benzene rings is 1. The summed E-state index contributed by atoms with van der Waals surface area (Å²) in [6.45, 7) is 4.20. The Hall–Kier alpha value is -1.39. The van der Waals surface area contributed by atoms with Gasteiger partial charge in [0.1, 0.15) is 11.9 Å². The molecule has 0 amide bonds. The number of aliphatic hydroxyl groups is 1. The lowest BCUT2D eigenvalue weighted by molar-refractivity contribution is 0.0845. The lowest BCUT2D eigenvalue weighted by Crippen LogP contribution is -2.31. The minimum atomic E-state index is -0.433. The van der Waals surface area contributed by atoms with Gasteiger partial charge in [-0.25, -0.2) is 0 Å². The molecule has 4 nitrogen and oxygen atoms in total. The van der Waals surface area contributed by atoms with Gasteiger partial charge in [0.25, 0.3) is 0 Å². The number of ether oxygens (including phenoxy) is 1. The third kappa shape index (κ3) is 1.91. The summed E-state index contributed by atoms with van der Waals surface area (Å²) in [6.07, 6.45) is 0.340. The summed E-state index contributed by atoms with van der Waals surface area (Å²) >= 11 is 0. The molecular weight excluding hydrogens is 228 g/mol. The Labute approximate surface area is 107 Å². The van der Waals surface area contributed by atoms with Gasteiger partial charge >= 0.3 is 0 Å². The highest BCUT2D eigenvalue weighted by molar-refractivity contribution is 5.89. The summed E-state index contributed by atoms with van der Waals surface area (Å²) in [5, 5.41) is 13.1. The van der Waals surface area contributed by atoms with E-state index in [1.807, 2.05) is 19.1 Å². The maximum atomic E-state index is 9.84. The fourth-order valence-corrected chi connectivity index (χ4v) is 2.74. The molecule has 4 heteroatoms. The third-order valence-electron chi connectivity index (χ3n) is 3.57. The zero-order chi connectivity index (χ0) is 12.5. The molecule has 1 aromatic carbocycles. The average Bonchev–Trinajstić information content (AvgIpc) is 2.91. The Morgan fingerprint density at radius 1 is 1.50 bits per heavy atom. The molecule has 2 aliphatic rings. The van der Waals surface area contributed by atoms with Crippen LogP contribution in [0.5, 0.6) is 0 Å². The maximum absolute atomic E-state index is 9.84. The minimum absolute atomic E-state index is 0.0880. The predicted octanol–water partition coefficient (Wildman–Crippen LogP) is 1.36. The van der Waals surface area contributed by atoms with Crippen molar-refractivity contribution in [2.24, 2.45) is 4.99 Å². The highest BCUT2D eigenvalue weighted by Crippen LogP contribution is 2.32. The van der Waals surface area contributed by atoms with Gasteiger partial charge in [-0.15, -0.1) is 0 Å². The highest BCUT2D eigenvalue weighted by Gasteiger charge is 2.28. The molecule has 0 aliphatic carbocycles. The van der Waals surface area contributed by atoms with Gasteiger partial charge in [-0.1, -0.05) is 18.2 Å². The first-order chi connectivity index (χ1) is 8.77. The van der Waals surface area contributed by atoms with Crippen LogP contribution < -0.4 is 5.32 Å². The molecule has 0 fully saturated rings. The molecule has 0 aromatic heterocycles. The topological polar surface area (TPSA) is 53.9 Å². The Kier molecular flexibility index (Phi) is 3.06. The Morgan fingerprint density at radius 2 is 2.39 bits per heavy atom. The quantitative estimate of drug-likeness (QED) is 0.828. The number of aliphatic hydroxyl groups excluding tert-OH is 1. The van der Waals surface area contributed by atoms with Gasteiger partial charge in [0, 0.05) is 6.54 Å². The Balaban J connectivity index is 2.03. The van der Waals surface area contributed by atoms with E-state index in [-0.39, 0.29) is 6.10 Å². The van der Waals surface area contributed by atoms with Crippen molar-refractivity contribution in [1.29, 1.82) is 0 Å². The smallest absolute Gasteiger partial charge is 0.140 e. The number of fused-ring (bicyclic) bond motifs is 1. The summed E-state index contributed by atoms with van der Waals surface area (Å²) in [4.78, 5) is 4.45. The molecule has 0 spiro atoms. The van der Waals surface area contributed by atoms with Gasteiger partial charge in [-0.3, -0.25) is 4.99 Å². The van der Waals surface area contributed by atoms with Crippen LogP contribution in [0.25, 0.3) is 0 Å². The first kappa shape index (κ1) is 11.7. The van der Waals surface area contributed by atoms with Crippen molar-refractivity contribution in [1.82, 2.24) is 5.32 Å². The predicted molar refractivity (Wildman–Crippen MR) is 69.8 cm³/mol. The second-order valence-electron chi connectivity index (χ2n) is 4.79. The van der Waals surface area contributed by atoms with Crippen LogP contribution in [0, 0.1) is 0 Å². The molecule has 0 bridgehead atoms. The lowest BCUT2D eigenvalue weighted by Gasteiger charge is -2.28. The third-order valence-corrected chi connectivity index (χ3v) is 3.57. The van der Waals surface area contributed by atoms with Gasteiger partial charge in [0.2, 0.25) is 0 Å². The fourth-order valence-electron chi connectivity index (χ4n) is 2.74. The molecule has 2 atom stereocenters. The van der Waals surface area contributed by atoms with Crippen LogP contribution in [-0.4, -0.2) is 30.6 Å². The van der Waals surface area contributed by atoms with E-state index < -0.39 is 6.10 Å². The van der Waals surface area contributed by atoms with Gasteiger partial charge in [-0.2, -0.15) is 0 Å². The van der Waals surface area contributed by atoms with Crippen molar-refractivity contribution in [3.63, 3.8) is 0 Å². The van der Waals surface area contributed by atoms with Crippen LogP contribution in [0.3, 0.4) is 0 Å². The van der Waals surface area contributed by atoms with Gasteiger partial charge < -0.3 is 15.2 Å². The van der Waals surface area contributed by atoms with Crippen LogP contribution in [0.1, 0.15) is 35.8 Å². The minimum Gasteiger partial charge on any atom is -0.389 e. The van der Waals surface area contributed by atoms with Gasteiger partial charge in [0.15, 0.2) is 0 Å². The summed E-state index contributed by atoms with van der Waals surface area (Å²) in [7, 11) is 0. The van der Waals surface area contributed by atoms with E-state index in [0.29, 0.717) is 6.61 Å². The number of hydrogen-bond donors (Lipinski definition) is 2. The summed E-state index contributed by atoms with van der Waals surface area (Å²) < 4.78 is 5.85. The van der Waals surface area contributed by atoms with Gasteiger partial charge in [0.05, 0.1) is 19.3 Å². The zero-order valence-corrected chi connectivity index (χ0v) is 10.5. The largest absolute Gasteiger partial charge is 0.389 e. The van der Waals surface area contributed by atoms with Crippen LogP contribution in [-0.2, 0) is 11.2 Å². The van der Waals surface area contributed by atoms with Crippen LogP contribution >= 0.6 is 0 Å². The van der Waals surface area contributed by atoms with Crippen molar-refractivity contribution in [2.75, 3.05) is 19.7 Å². The van der Waals surface area contributed by atoms with Crippen molar-refractivity contribution in [3.05, 3.63) is 34.9 Å². The standard InChI is InChI=1S/C14H18N2O2/c1-9(17)10-3-2-4-12-11(10)5-8-18-13(12)14-15-6-7-16-14/h2-4,9,13,17H,5-8H2,1H3,(H,15,16). The Morgan fingerprint density at radius 3 is 3.11 bits per heavy atom. The molecule has 2 unspecified atom stereocenters. The molecule has 3 rings (SSSR count). The first-order valence-corrected chi connectivity index (χ1v) is 6.47. The van der Waals surface area contributed by atoms with Crippen LogP contribution in [0.2, 0.25) is 0 Å². The molecule has 1 aromatic rings. The van der Waals surface area contributed by atoms with Crippen molar-refractivity contribution in [3.8, 4) is 0 Å². The number of nitrogens with one attached hydrogen (secondary N) is 1. The second kappa shape index (κ2) is 4.71. The molecule has 0 saturated heterocycles. The monoisotopic (exact) mass is 246 g/mol. The van der Waals surface area contributed by atoms with Crippen molar-refractivity contribution in [2.45, 2.75) is 25.6 Å². The highest BCUT2D eigenvalue weighted by atomic mass is 16.5. The average molecular weight is 246 g/mol. The zero-order valence-electron chi connectivity index (χ0n) is 10.5. The number of rotatable bonds is 2. The van der Waals surface area contributed by atoms with E-state index in [1.165, 1.54) is 5.56 Å². The molecule has 2 N–H and O–H groups in total. The molecule has 96 valence electrons. The summed E-state index contributed by atoms with van der Waals surface area (Å²) in [6, 6.07) is 6.06. The molecule has 2 heterocycles. The van der Waals surface area contributed by atoms with E-state index in [0.717, 1.165) is 36.5 Å². The SMILES string of the molecule is CC(O)c1cccc2c1CCOC2C1=NCCN1. The Bertz CT molecular complexity index is 483. The van der Waals surface area contributed by atoms with E-state index >= 15 is 0 Å². The number of nitrogens with zero attached hydrogens (tertiary/aromatic N) is 1. The number of aliphatic imine (C=N–C) groups is 1. The van der Waals surface area contributed by atoms with E-state index in [9.17, 15) is 5.11 Å². The molecular formula is C14H18N2O2. The van der Waals surface area contributed by atoms with Crippen LogP contribution in [0.4, 0.5) is 0 Å². The number of hydrogen-bond acceptors (Lipinski definition) is 4. The number of amidine groups is 1. The lowest BCUT2D eigenvalue weighted by atomic mass is 9.90.